The first-order valence-electron chi connectivity index (χ1n) is 4.72. The Hall–Kier alpha value is -0.930. The van der Waals surface area contributed by atoms with Crippen molar-refractivity contribution in [1.82, 2.24) is 5.32 Å². The minimum Gasteiger partial charge on any atom is -0.444 e. The van der Waals surface area contributed by atoms with Gasteiger partial charge in [0.15, 0.2) is 10.4 Å². The highest BCUT2D eigenvalue weighted by Crippen LogP contribution is 2.27. The van der Waals surface area contributed by atoms with Gasteiger partial charge < -0.3 is 9.73 Å². The number of carbonyl (C=O) groups is 1. The molecule has 2 heterocycles. The Morgan fingerprint density at radius 3 is 3.00 bits per heavy atom. The van der Waals surface area contributed by atoms with Gasteiger partial charge in [-0.1, -0.05) is 0 Å². The molecule has 0 bridgehead atoms. The minimum atomic E-state index is -0.735. The highest BCUT2D eigenvalue weighted by molar-refractivity contribution is 9.10. The molecule has 1 aliphatic heterocycles. The lowest BCUT2D eigenvalue weighted by Crippen LogP contribution is -2.47. The lowest BCUT2D eigenvalue weighted by molar-refractivity contribution is 0.0896. The van der Waals surface area contributed by atoms with Crippen LogP contribution in [0.2, 0.25) is 0 Å². The molecule has 1 fully saturated rings. The fourth-order valence-electron chi connectivity index (χ4n) is 1.49. The molecule has 1 aliphatic rings. The number of nitrogens with one attached hydrogen (secondary N) is 1. The van der Waals surface area contributed by atoms with Crippen LogP contribution in [0.15, 0.2) is 21.2 Å². The Morgan fingerprint density at radius 1 is 1.69 bits per heavy atom. The number of halogens is 1. The first-order valence-corrected chi connectivity index (χ1v) is 6.67. The van der Waals surface area contributed by atoms with Crippen LogP contribution in [0.3, 0.4) is 0 Å². The maximum atomic E-state index is 11.8. The predicted octanol–water partition coefficient (Wildman–Crippen LogP) is 2.17. The number of nitrogens with zero attached hydrogens (tertiary/aromatic N) is 1. The van der Waals surface area contributed by atoms with E-state index in [2.05, 4.69) is 27.3 Å². The summed E-state index contributed by atoms with van der Waals surface area (Å²) >= 11 is 4.80. The molecule has 1 atom stereocenters. The van der Waals surface area contributed by atoms with Crippen molar-refractivity contribution < 1.29 is 9.21 Å². The molecule has 84 valence electrons. The van der Waals surface area contributed by atoms with Gasteiger partial charge in [0.1, 0.15) is 5.54 Å². The van der Waals surface area contributed by atoms with Gasteiger partial charge in [0, 0.05) is 5.75 Å². The number of amides is 1. The summed E-state index contributed by atoms with van der Waals surface area (Å²) < 4.78 is 5.64. The average Bonchev–Trinajstić information content (AvgIpc) is 2.88. The number of thioether (sulfide) groups is 1. The molecular formula is C10H9BrN2O2S. The van der Waals surface area contributed by atoms with Gasteiger partial charge in [-0.05, 0) is 40.2 Å². The summed E-state index contributed by atoms with van der Waals surface area (Å²) in [5, 5.41) is 11.8. The van der Waals surface area contributed by atoms with E-state index in [1.807, 2.05) is 0 Å². The lowest BCUT2D eigenvalue weighted by atomic mass is 10.0. The second-order valence-electron chi connectivity index (χ2n) is 3.55. The molecule has 0 radical (unpaired) electrons. The quantitative estimate of drug-likeness (QED) is 0.909. The van der Waals surface area contributed by atoms with Gasteiger partial charge in [-0.3, -0.25) is 4.79 Å². The van der Waals surface area contributed by atoms with Crippen LogP contribution in [-0.2, 0) is 0 Å². The third kappa shape index (κ3) is 2.25. The molecule has 0 aliphatic carbocycles. The van der Waals surface area contributed by atoms with Crippen molar-refractivity contribution in [3.05, 3.63) is 22.6 Å². The standard InChI is InChI=1S/C10H9BrN2O2S/c11-8-2-1-7(15-8)9(14)13-10(5-12)3-4-16-6-10/h1-2H,3-4,6H2,(H,13,14). The molecule has 0 aromatic carbocycles. The maximum Gasteiger partial charge on any atom is 0.288 e. The fourth-order valence-corrected chi connectivity index (χ4v) is 3.07. The van der Waals surface area contributed by atoms with Crippen LogP contribution in [0, 0.1) is 11.3 Å². The van der Waals surface area contributed by atoms with Gasteiger partial charge in [-0.25, -0.2) is 0 Å². The molecular weight excluding hydrogens is 292 g/mol. The van der Waals surface area contributed by atoms with Gasteiger partial charge >= 0.3 is 0 Å². The first-order chi connectivity index (χ1) is 7.65. The Morgan fingerprint density at radius 2 is 2.50 bits per heavy atom. The average molecular weight is 301 g/mol. The van der Waals surface area contributed by atoms with Crippen LogP contribution in [0.4, 0.5) is 0 Å². The molecule has 2 rings (SSSR count). The van der Waals surface area contributed by atoms with Crippen LogP contribution >= 0.6 is 27.7 Å². The van der Waals surface area contributed by atoms with E-state index in [4.69, 9.17) is 9.68 Å². The molecule has 1 amide bonds. The van der Waals surface area contributed by atoms with E-state index in [1.54, 1.807) is 23.9 Å². The summed E-state index contributed by atoms with van der Waals surface area (Å²) in [6.45, 7) is 0. The molecule has 1 unspecified atom stereocenters. The summed E-state index contributed by atoms with van der Waals surface area (Å²) in [5.41, 5.74) is -0.735. The number of furan rings is 1. The number of carbonyl (C=O) groups excluding carboxylic acids is 1. The van der Waals surface area contributed by atoms with Gasteiger partial charge in [-0.15, -0.1) is 0 Å². The zero-order chi connectivity index (χ0) is 11.6. The number of rotatable bonds is 2. The molecule has 0 spiro atoms. The van der Waals surface area contributed by atoms with Crippen LogP contribution in [0.25, 0.3) is 0 Å². The van der Waals surface area contributed by atoms with Gasteiger partial charge in [-0.2, -0.15) is 17.0 Å². The van der Waals surface area contributed by atoms with Crippen LogP contribution in [0.1, 0.15) is 17.0 Å². The summed E-state index contributed by atoms with van der Waals surface area (Å²) in [4.78, 5) is 11.8. The van der Waals surface area contributed by atoms with Crippen molar-refractivity contribution in [2.24, 2.45) is 0 Å². The third-order valence-corrected chi connectivity index (χ3v) is 4.00. The largest absolute Gasteiger partial charge is 0.444 e. The van der Waals surface area contributed by atoms with Crippen molar-refractivity contribution in [2.75, 3.05) is 11.5 Å². The van der Waals surface area contributed by atoms with Gasteiger partial charge in [0.2, 0.25) is 0 Å². The fraction of sp³-hybridized carbons (Fsp3) is 0.400. The van der Waals surface area contributed by atoms with Crippen LogP contribution in [0.5, 0.6) is 0 Å². The smallest absolute Gasteiger partial charge is 0.288 e. The molecule has 1 aromatic heterocycles. The van der Waals surface area contributed by atoms with E-state index < -0.39 is 5.54 Å². The number of hydrogen-bond donors (Lipinski definition) is 1. The predicted molar refractivity (Wildman–Crippen MR) is 64.2 cm³/mol. The normalized spacial score (nSPS) is 24.0. The van der Waals surface area contributed by atoms with E-state index in [9.17, 15) is 4.79 Å². The highest BCUT2D eigenvalue weighted by Gasteiger charge is 2.36. The monoisotopic (exact) mass is 300 g/mol. The van der Waals surface area contributed by atoms with Crippen molar-refractivity contribution in [3.8, 4) is 6.07 Å². The summed E-state index contributed by atoms with van der Waals surface area (Å²) in [6, 6.07) is 5.40. The Bertz CT molecular complexity index is 446. The van der Waals surface area contributed by atoms with Crippen LogP contribution in [-0.4, -0.2) is 23.0 Å². The molecule has 1 N–H and O–H groups in total. The van der Waals surface area contributed by atoms with Gasteiger partial charge in [0.25, 0.3) is 5.91 Å². The zero-order valence-corrected chi connectivity index (χ0v) is 10.7. The number of nitriles is 1. The molecule has 1 aromatic rings. The van der Waals surface area contributed by atoms with Gasteiger partial charge in [0.05, 0.1) is 6.07 Å². The Labute approximate surface area is 106 Å². The van der Waals surface area contributed by atoms with E-state index in [0.717, 1.165) is 5.75 Å². The topological polar surface area (TPSA) is 66.0 Å². The summed E-state index contributed by atoms with van der Waals surface area (Å²) in [6.07, 6.45) is 0.682. The Kier molecular flexibility index (Phi) is 3.26. The summed E-state index contributed by atoms with van der Waals surface area (Å²) in [7, 11) is 0. The van der Waals surface area contributed by atoms with Crippen molar-refractivity contribution >= 4 is 33.6 Å². The van der Waals surface area contributed by atoms with Crippen molar-refractivity contribution in [1.29, 1.82) is 5.26 Å². The Balaban J connectivity index is 2.10. The van der Waals surface area contributed by atoms with E-state index in [1.165, 1.54) is 0 Å². The molecule has 16 heavy (non-hydrogen) atoms. The zero-order valence-electron chi connectivity index (χ0n) is 8.33. The maximum absolute atomic E-state index is 11.8. The van der Waals surface area contributed by atoms with Crippen LogP contribution < -0.4 is 5.32 Å². The SMILES string of the molecule is N#CC1(NC(=O)c2ccc(Br)o2)CCSC1. The highest BCUT2D eigenvalue weighted by atomic mass is 79.9. The second-order valence-corrected chi connectivity index (χ2v) is 5.44. The molecule has 1 saturated heterocycles. The molecule has 4 nitrogen and oxygen atoms in total. The van der Waals surface area contributed by atoms with Crippen molar-refractivity contribution in [3.63, 3.8) is 0 Å². The van der Waals surface area contributed by atoms with E-state index in [0.29, 0.717) is 16.8 Å². The van der Waals surface area contributed by atoms with E-state index in [-0.39, 0.29) is 11.7 Å². The lowest BCUT2D eigenvalue weighted by Gasteiger charge is -2.20. The summed E-state index contributed by atoms with van der Waals surface area (Å²) in [5.74, 6) is 1.42. The molecule has 6 heteroatoms. The molecule has 0 saturated carbocycles. The second kappa shape index (κ2) is 4.52. The number of hydrogen-bond acceptors (Lipinski definition) is 4. The van der Waals surface area contributed by atoms with Crippen molar-refractivity contribution in [2.45, 2.75) is 12.0 Å². The first kappa shape index (κ1) is 11.6. The third-order valence-electron chi connectivity index (χ3n) is 2.39. The minimum absolute atomic E-state index is 0.221. The van der Waals surface area contributed by atoms with E-state index >= 15 is 0 Å².